The zero-order valence-electron chi connectivity index (χ0n) is 13.4. The number of para-hydroxylation sites is 2. The second kappa shape index (κ2) is 6.16. The Hall–Kier alpha value is -2.54. The summed E-state index contributed by atoms with van der Waals surface area (Å²) in [4.78, 5) is 22.0. The van der Waals surface area contributed by atoms with Crippen LogP contribution in [0.5, 0.6) is 5.75 Å². The quantitative estimate of drug-likeness (QED) is 0.733. The molecule has 1 saturated heterocycles. The molecule has 0 bridgehead atoms. The number of thiazole rings is 1. The van der Waals surface area contributed by atoms with Crippen LogP contribution >= 0.6 is 11.3 Å². The molecule has 1 amide bonds. The fourth-order valence-corrected chi connectivity index (χ4v) is 3.73. The van der Waals surface area contributed by atoms with E-state index < -0.39 is 0 Å². The lowest BCUT2D eigenvalue weighted by Crippen LogP contribution is -2.49. The third-order valence-electron chi connectivity index (χ3n) is 4.31. The van der Waals surface area contributed by atoms with Gasteiger partial charge in [-0.05, 0) is 12.1 Å². The van der Waals surface area contributed by atoms with Gasteiger partial charge in [0.15, 0.2) is 4.96 Å². The van der Waals surface area contributed by atoms with E-state index in [2.05, 4.69) is 16.0 Å². The van der Waals surface area contributed by atoms with E-state index in [0.29, 0.717) is 18.8 Å². The number of hydrogen-bond acceptors (Lipinski definition) is 5. The Morgan fingerprint density at radius 1 is 1.21 bits per heavy atom. The summed E-state index contributed by atoms with van der Waals surface area (Å²) in [5.74, 6) is 0.872. The lowest BCUT2D eigenvalue weighted by molar-refractivity contribution is 0.0741. The van der Waals surface area contributed by atoms with Crippen molar-refractivity contribution in [3.8, 4) is 5.75 Å². The van der Waals surface area contributed by atoms with E-state index in [9.17, 15) is 4.79 Å². The molecule has 0 N–H and O–H groups in total. The van der Waals surface area contributed by atoms with E-state index in [1.54, 1.807) is 13.3 Å². The third-order valence-corrected chi connectivity index (χ3v) is 5.08. The molecule has 3 aromatic rings. The molecular formula is C17H18N4O2S. The Balaban J connectivity index is 1.45. The van der Waals surface area contributed by atoms with E-state index in [0.717, 1.165) is 29.5 Å². The third kappa shape index (κ3) is 2.60. The van der Waals surface area contributed by atoms with Gasteiger partial charge in [-0.15, -0.1) is 11.3 Å². The Morgan fingerprint density at radius 2 is 2.00 bits per heavy atom. The molecule has 0 saturated carbocycles. The number of aromatic nitrogens is 2. The van der Waals surface area contributed by atoms with E-state index in [1.165, 1.54) is 11.3 Å². The van der Waals surface area contributed by atoms with Crippen LogP contribution in [0.15, 0.2) is 42.0 Å². The number of carbonyl (C=O) groups excluding carboxylic acids is 1. The largest absolute Gasteiger partial charge is 0.495 e. The first-order valence-electron chi connectivity index (χ1n) is 7.86. The molecule has 124 valence electrons. The van der Waals surface area contributed by atoms with Gasteiger partial charge in [0.1, 0.15) is 11.4 Å². The first-order valence-corrected chi connectivity index (χ1v) is 8.73. The topological polar surface area (TPSA) is 50.1 Å². The highest BCUT2D eigenvalue weighted by atomic mass is 32.1. The molecule has 0 atom stereocenters. The van der Waals surface area contributed by atoms with Gasteiger partial charge in [0.05, 0.1) is 12.8 Å². The number of benzene rings is 1. The number of piperazine rings is 1. The minimum absolute atomic E-state index is 0.00516. The van der Waals surface area contributed by atoms with Gasteiger partial charge in [0.2, 0.25) is 0 Å². The summed E-state index contributed by atoms with van der Waals surface area (Å²) in [6.45, 7) is 2.94. The molecule has 1 fully saturated rings. The first-order chi connectivity index (χ1) is 11.8. The smallest absolute Gasteiger partial charge is 0.274 e. The molecule has 0 spiro atoms. The van der Waals surface area contributed by atoms with Crippen molar-refractivity contribution >= 4 is 27.9 Å². The van der Waals surface area contributed by atoms with Crippen molar-refractivity contribution in [1.29, 1.82) is 0 Å². The Bertz CT molecular complexity index is 836. The number of ether oxygens (including phenoxy) is 1. The molecule has 2 aromatic heterocycles. The van der Waals surface area contributed by atoms with Crippen LogP contribution in [0.1, 0.15) is 10.5 Å². The van der Waals surface area contributed by atoms with Crippen LogP contribution < -0.4 is 9.64 Å². The maximum atomic E-state index is 12.6. The van der Waals surface area contributed by atoms with Crippen LogP contribution in [0.25, 0.3) is 4.96 Å². The van der Waals surface area contributed by atoms with Crippen molar-refractivity contribution in [3.63, 3.8) is 0 Å². The first kappa shape index (κ1) is 15.0. The number of fused-ring (bicyclic) bond motifs is 1. The Labute approximate surface area is 143 Å². The van der Waals surface area contributed by atoms with E-state index in [4.69, 9.17) is 4.74 Å². The minimum atomic E-state index is 0.00516. The lowest BCUT2D eigenvalue weighted by atomic mass is 10.2. The zero-order chi connectivity index (χ0) is 16.5. The summed E-state index contributed by atoms with van der Waals surface area (Å²) in [5, 5.41) is 1.96. The van der Waals surface area contributed by atoms with Crippen molar-refractivity contribution in [1.82, 2.24) is 14.3 Å². The molecule has 1 aromatic carbocycles. The molecule has 1 aliphatic heterocycles. The second-order valence-electron chi connectivity index (χ2n) is 5.67. The van der Waals surface area contributed by atoms with Crippen molar-refractivity contribution < 1.29 is 9.53 Å². The molecule has 1 aliphatic rings. The van der Waals surface area contributed by atoms with E-state index >= 15 is 0 Å². The number of hydrogen-bond donors (Lipinski definition) is 0. The van der Waals surface area contributed by atoms with Crippen LogP contribution in [0.4, 0.5) is 5.69 Å². The molecular weight excluding hydrogens is 324 g/mol. The Kier molecular flexibility index (Phi) is 3.86. The number of nitrogens with zero attached hydrogens (tertiary/aromatic N) is 4. The average molecular weight is 342 g/mol. The maximum Gasteiger partial charge on any atom is 0.274 e. The average Bonchev–Trinajstić information content (AvgIpc) is 3.23. The SMILES string of the molecule is COc1ccccc1N1CCN(C(=O)c2cn3ccsc3n2)CC1. The minimum Gasteiger partial charge on any atom is -0.495 e. The molecule has 0 radical (unpaired) electrons. The second-order valence-corrected chi connectivity index (χ2v) is 6.54. The number of anilines is 1. The van der Waals surface area contributed by atoms with Crippen molar-refractivity contribution in [3.05, 3.63) is 47.7 Å². The molecule has 3 heterocycles. The van der Waals surface area contributed by atoms with Gasteiger partial charge in [-0.25, -0.2) is 4.98 Å². The summed E-state index contributed by atoms with van der Waals surface area (Å²) in [6, 6.07) is 7.99. The monoisotopic (exact) mass is 342 g/mol. The standard InChI is InChI=1S/C17H18N4O2S/c1-23-15-5-3-2-4-14(15)19-6-8-20(9-7-19)16(22)13-12-21-10-11-24-17(21)18-13/h2-5,10-12H,6-9H2,1H3. The lowest BCUT2D eigenvalue weighted by Gasteiger charge is -2.36. The van der Waals surface area contributed by atoms with Crippen LogP contribution in [-0.4, -0.2) is 53.5 Å². The summed E-state index contributed by atoms with van der Waals surface area (Å²) >= 11 is 1.53. The fourth-order valence-electron chi connectivity index (χ4n) is 3.03. The number of amides is 1. The van der Waals surface area contributed by atoms with Crippen LogP contribution in [0.3, 0.4) is 0 Å². The molecule has 24 heavy (non-hydrogen) atoms. The molecule has 4 rings (SSSR count). The molecule has 6 nitrogen and oxygen atoms in total. The zero-order valence-corrected chi connectivity index (χ0v) is 14.2. The maximum absolute atomic E-state index is 12.6. The normalized spacial score (nSPS) is 15.0. The van der Waals surface area contributed by atoms with Gasteiger partial charge in [-0.2, -0.15) is 0 Å². The van der Waals surface area contributed by atoms with Gasteiger partial charge in [-0.1, -0.05) is 12.1 Å². The van der Waals surface area contributed by atoms with E-state index in [-0.39, 0.29) is 5.91 Å². The number of imidazole rings is 1. The highest BCUT2D eigenvalue weighted by Gasteiger charge is 2.25. The Morgan fingerprint density at radius 3 is 2.75 bits per heavy atom. The van der Waals surface area contributed by atoms with Gasteiger partial charge in [0, 0.05) is 44.0 Å². The predicted molar refractivity (Wildman–Crippen MR) is 94.2 cm³/mol. The number of carbonyl (C=O) groups is 1. The number of methoxy groups -OCH3 is 1. The van der Waals surface area contributed by atoms with Gasteiger partial charge in [0.25, 0.3) is 5.91 Å². The van der Waals surface area contributed by atoms with Crippen molar-refractivity contribution in [2.24, 2.45) is 0 Å². The highest BCUT2D eigenvalue weighted by Crippen LogP contribution is 2.28. The van der Waals surface area contributed by atoms with Crippen molar-refractivity contribution in [2.75, 3.05) is 38.2 Å². The molecule has 7 heteroatoms. The fraction of sp³-hybridized carbons (Fsp3) is 0.294. The van der Waals surface area contributed by atoms with Crippen LogP contribution in [0.2, 0.25) is 0 Å². The molecule has 0 aliphatic carbocycles. The van der Waals surface area contributed by atoms with E-state index in [1.807, 2.05) is 39.1 Å². The van der Waals surface area contributed by atoms with Gasteiger partial charge in [-0.3, -0.25) is 9.20 Å². The summed E-state index contributed by atoms with van der Waals surface area (Å²) in [5.41, 5.74) is 1.60. The van der Waals surface area contributed by atoms with Crippen LogP contribution in [0, 0.1) is 0 Å². The highest BCUT2D eigenvalue weighted by molar-refractivity contribution is 7.15. The molecule has 0 unspecified atom stereocenters. The predicted octanol–water partition coefficient (Wildman–Crippen LogP) is 2.37. The summed E-state index contributed by atoms with van der Waals surface area (Å²) < 4.78 is 7.33. The van der Waals surface area contributed by atoms with Gasteiger partial charge < -0.3 is 14.5 Å². The summed E-state index contributed by atoms with van der Waals surface area (Å²) in [6.07, 6.45) is 3.73. The van der Waals surface area contributed by atoms with Crippen molar-refractivity contribution in [2.45, 2.75) is 0 Å². The van der Waals surface area contributed by atoms with Gasteiger partial charge >= 0.3 is 0 Å². The number of rotatable bonds is 3. The van der Waals surface area contributed by atoms with Crippen LogP contribution in [-0.2, 0) is 0 Å². The summed E-state index contributed by atoms with van der Waals surface area (Å²) in [7, 11) is 1.68.